The smallest absolute Gasteiger partial charge is 0.276 e. The molecule has 1 heterocycles. The number of nitrogens with two attached hydrogens (primary N) is 1. The number of nitrogens with one attached hydrogen (secondary N) is 1. The first-order valence-corrected chi connectivity index (χ1v) is 5.22. The van der Waals surface area contributed by atoms with Gasteiger partial charge in [-0.1, -0.05) is 0 Å². The highest BCUT2D eigenvalue weighted by Crippen LogP contribution is 2.14. The van der Waals surface area contributed by atoms with Crippen LogP contribution >= 0.6 is 0 Å². The predicted octanol–water partition coefficient (Wildman–Crippen LogP) is 1.76. The molecular weight excluding hydrogens is 235 g/mol. The Morgan fingerprint density at radius 1 is 1.28 bits per heavy atom. The van der Waals surface area contributed by atoms with Crippen molar-refractivity contribution < 1.29 is 9.18 Å². The molecule has 0 aliphatic rings. The SMILES string of the molecule is Cc1cc(F)cc(NC(=O)c2ccc(N)nn2)c1. The van der Waals surface area contributed by atoms with Crippen LogP contribution in [0.25, 0.3) is 0 Å². The van der Waals surface area contributed by atoms with E-state index in [9.17, 15) is 9.18 Å². The van der Waals surface area contributed by atoms with Crippen molar-refractivity contribution in [2.24, 2.45) is 0 Å². The molecule has 0 atom stereocenters. The molecule has 1 aromatic carbocycles. The fourth-order valence-corrected chi connectivity index (χ4v) is 1.47. The number of rotatable bonds is 2. The number of hydrogen-bond acceptors (Lipinski definition) is 4. The van der Waals surface area contributed by atoms with Crippen molar-refractivity contribution >= 4 is 17.4 Å². The van der Waals surface area contributed by atoms with Crippen LogP contribution in [0.5, 0.6) is 0 Å². The Hall–Kier alpha value is -2.50. The Kier molecular flexibility index (Phi) is 3.18. The van der Waals surface area contributed by atoms with E-state index in [1.54, 1.807) is 13.0 Å². The lowest BCUT2D eigenvalue weighted by atomic mass is 10.2. The number of carbonyl (C=O) groups excluding carboxylic acids is 1. The first kappa shape index (κ1) is 12.0. The third kappa shape index (κ3) is 2.79. The molecule has 3 N–H and O–H groups in total. The van der Waals surface area contributed by atoms with Gasteiger partial charge in [0.15, 0.2) is 5.69 Å². The zero-order valence-corrected chi connectivity index (χ0v) is 9.64. The van der Waals surface area contributed by atoms with Crippen LogP contribution in [0.15, 0.2) is 30.3 Å². The summed E-state index contributed by atoms with van der Waals surface area (Å²) in [6.07, 6.45) is 0. The fourth-order valence-electron chi connectivity index (χ4n) is 1.47. The van der Waals surface area contributed by atoms with Crippen LogP contribution in [0.2, 0.25) is 0 Å². The Balaban J connectivity index is 2.18. The highest BCUT2D eigenvalue weighted by molar-refractivity contribution is 6.02. The highest BCUT2D eigenvalue weighted by Gasteiger charge is 2.09. The summed E-state index contributed by atoms with van der Waals surface area (Å²) in [5, 5.41) is 9.75. The zero-order valence-electron chi connectivity index (χ0n) is 9.64. The van der Waals surface area contributed by atoms with Crippen LogP contribution < -0.4 is 11.1 Å². The molecule has 1 aromatic heterocycles. The molecule has 0 saturated heterocycles. The average Bonchev–Trinajstić information content (AvgIpc) is 2.28. The molecule has 0 spiro atoms. The summed E-state index contributed by atoms with van der Waals surface area (Å²) in [4.78, 5) is 11.8. The van der Waals surface area contributed by atoms with Crippen molar-refractivity contribution in [3.05, 3.63) is 47.4 Å². The molecule has 18 heavy (non-hydrogen) atoms. The van der Waals surface area contributed by atoms with Crippen LogP contribution in [0, 0.1) is 12.7 Å². The van der Waals surface area contributed by atoms with E-state index >= 15 is 0 Å². The summed E-state index contributed by atoms with van der Waals surface area (Å²) in [6, 6.07) is 7.18. The minimum Gasteiger partial charge on any atom is -0.382 e. The number of nitrogen functional groups attached to an aromatic ring is 1. The summed E-state index contributed by atoms with van der Waals surface area (Å²) >= 11 is 0. The Bertz CT molecular complexity index is 563. The van der Waals surface area contributed by atoms with Crippen molar-refractivity contribution in [2.45, 2.75) is 6.92 Å². The van der Waals surface area contributed by atoms with E-state index in [4.69, 9.17) is 5.73 Å². The monoisotopic (exact) mass is 246 g/mol. The van der Waals surface area contributed by atoms with E-state index in [0.717, 1.165) is 0 Å². The maximum absolute atomic E-state index is 13.1. The summed E-state index contributed by atoms with van der Waals surface area (Å²) in [6.45, 7) is 1.74. The maximum Gasteiger partial charge on any atom is 0.276 e. The highest BCUT2D eigenvalue weighted by atomic mass is 19.1. The molecule has 0 saturated carbocycles. The normalized spacial score (nSPS) is 10.1. The summed E-state index contributed by atoms with van der Waals surface area (Å²) in [5.41, 5.74) is 6.57. The standard InChI is InChI=1S/C12H11FN4O/c1-7-4-8(13)6-9(5-7)15-12(18)10-2-3-11(14)17-16-10/h2-6H,1H3,(H2,14,17)(H,15,18). The molecule has 2 aromatic rings. The molecule has 0 aliphatic heterocycles. The van der Waals surface area contributed by atoms with Crippen molar-refractivity contribution in [1.29, 1.82) is 0 Å². The van der Waals surface area contributed by atoms with Crippen LogP contribution in [-0.2, 0) is 0 Å². The Morgan fingerprint density at radius 2 is 2.06 bits per heavy atom. The third-order valence-electron chi connectivity index (χ3n) is 2.22. The molecule has 6 heteroatoms. The lowest BCUT2D eigenvalue weighted by molar-refractivity contribution is 0.102. The fraction of sp³-hybridized carbons (Fsp3) is 0.0833. The lowest BCUT2D eigenvalue weighted by Crippen LogP contribution is -2.14. The minimum atomic E-state index is -0.465. The molecule has 0 bridgehead atoms. The van der Waals surface area contributed by atoms with Gasteiger partial charge < -0.3 is 11.1 Å². The molecular formula is C12H11FN4O. The van der Waals surface area contributed by atoms with E-state index in [1.165, 1.54) is 24.3 Å². The maximum atomic E-state index is 13.1. The van der Waals surface area contributed by atoms with Crippen LogP contribution in [0.3, 0.4) is 0 Å². The van der Waals surface area contributed by atoms with Gasteiger partial charge in [0.1, 0.15) is 11.6 Å². The van der Waals surface area contributed by atoms with Crippen molar-refractivity contribution in [2.75, 3.05) is 11.1 Å². The number of carbonyl (C=O) groups is 1. The number of halogens is 1. The number of aryl methyl sites for hydroxylation is 1. The summed E-state index contributed by atoms with van der Waals surface area (Å²) < 4.78 is 13.1. The zero-order chi connectivity index (χ0) is 13.1. The van der Waals surface area contributed by atoms with Gasteiger partial charge in [0.05, 0.1) is 0 Å². The number of benzene rings is 1. The second-order valence-corrected chi connectivity index (χ2v) is 3.81. The van der Waals surface area contributed by atoms with Crippen molar-refractivity contribution in [1.82, 2.24) is 10.2 Å². The molecule has 5 nitrogen and oxygen atoms in total. The molecule has 0 unspecified atom stereocenters. The van der Waals surface area contributed by atoms with E-state index in [1.807, 2.05) is 0 Å². The van der Waals surface area contributed by atoms with E-state index in [-0.39, 0.29) is 11.5 Å². The van der Waals surface area contributed by atoms with Crippen LogP contribution in [0.4, 0.5) is 15.9 Å². The molecule has 1 amide bonds. The van der Waals surface area contributed by atoms with Gasteiger partial charge >= 0.3 is 0 Å². The van der Waals surface area contributed by atoms with Gasteiger partial charge in [0, 0.05) is 5.69 Å². The third-order valence-corrected chi connectivity index (χ3v) is 2.22. The van der Waals surface area contributed by atoms with Gasteiger partial charge in [-0.15, -0.1) is 10.2 Å². The second-order valence-electron chi connectivity index (χ2n) is 3.81. The Morgan fingerprint density at radius 3 is 2.67 bits per heavy atom. The quantitative estimate of drug-likeness (QED) is 0.846. The van der Waals surface area contributed by atoms with E-state index in [0.29, 0.717) is 11.3 Å². The van der Waals surface area contributed by atoms with Gasteiger partial charge in [-0.2, -0.15) is 0 Å². The van der Waals surface area contributed by atoms with Gasteiger partial charge in [0.25, 0.3) is 5.91 Å². The molecule has 0 fully saturated rings. The lowest BCUT2D eigenvalue weighted by Gasteiger charge is -2.05. The largest absolute Gasteiger partial charge is 0.382 e. The summed E-state index contributed by atoms with van der Waals surface area (Å²) in [7, 11) is 0. The topological polar surface area (TPSA) is 80.9 Å². The van der Waals surface area contributed by atoms with Crippen molar-refractivity contribution in [3.8, 4) is 0 Å². The molecule has 92 valence electrons. The van der Waals surface area contributed by atoms with Crippen LogP contribution in [0.1, 0.15) is 16.1 Å². The Labute approximate surface area is 103 Å². The average molecular weight is 246 g/mol. The van der Waals surface area contributed by atoms with Gasteiger partial charge in [-0.05, 0) is 42.8 Å². The number of hydrogen-bond donors (Lipinski definition) is 2. The molecule has 0 radical (unpaired) electrons. The first-order chi connectivity index (χ1) is 8.54. The predicted molar refractivity (Wildman–Crippen MR) is 65.5 cm³/mol. The molecule has 0 aliphatic carbocycles. The van der Waals surface area contributed by atoms with Gasteiger partial charge in [-0.3, -0.25) is 4.79 Å². The van der Waals surface area contributed by atoms with E-state index < -0.39 is 11.7 Å². The number of nitrogens with zero attached hydrogens (tertiary/aromatic N) is 2. The number of anilines is 2. The first-order valence-electron chi connectivity index (χ1n) is 5.22. The van der Waals surface area contributed by atoms with Crippen LogP contribution in [-0.4, -0.2) is 16.1 Å². The van der Waals surface area contributed by atoms with Gasteiger partial charge in [0.2, 0.25) is 0 Å². The second kappa shape index (κ2) is 4.79. The number of amides is 1. The number of aromatic nitrogens is 2. The van der Waals surface area contributed by atoms with Gasteiger partial charge in [-0.25, -0.2) is 4.39 Å². The van der Waals surface area contributed by atoms with Crippen molar-refractivity contribution in [3.63, 3.8) is 0 Å². The summed E-state index contributed by atoms with van der Waals surface area (Å²) in [5.74, 6) is -0.644. The minimum absolute atomic E-state index is 0.117. The molecule has 2 rings (SSSR count). The van der Waals surface area contributed by atoms with E-state index in [2.05, 4.69) is 15.5 Å².